The molecule has 0 saturated carbocycles. The lowest BCUT2D eigenvalue weighted by atomic mass is 10.1. The van der Waals surface area contributed by atoms with Crippen molar-refractivity contribution in [1.82, 2.24) is 4.57 Å². The molecular weight excluding hydrogens is 456 g/mol. The molecule has 6 nitrogen and oxygen atoms in total. The van der Waals surface area contributed by atoms with Crippen LogP contribution in [0.15, 0.2) is 47.6 Å². The molecule has 1 heterocycles. The van der Waals surface area contributed by atoms with Crippen LogP contribution in [0.5, 0.6) is 0 Å². The third-order valence-corrected chi connectivity index (χ3v) is 5.36. The SMILES string of the molecule is Cc1cc(/C=N\Nc2ccc(C(F)(F)F)cc2[N+](=O)[O-])c(C)n1-c1cccc(Cl)c1Cl. The number of aryl methyl sites for hydroxylation is 1. The Balaban J connectivity index is 1.91. The smallest absolute Gasteiger partial charge is 0.316 e. The summed E-state index contributed by atoms with van der Waals surface area (Å²) >= 11 is 12.4. The quantitative estimate of drug-likeness (QED) is 0.254. The van der Waals surface area contributed by atoms with E-state index in [9.17, 15) is 23.3 Å². The molecule has 0 bridgehead atoms. The molecule has 0 spiro atoms. The Hall–Kier alpha value is -3.04. The van der Waals surface area contributed by atoms with Gasteiger partial charge in [-0.2, -0.15) is 18.3 Å². The van der Waals surface area contributed by atoms with Crippen LogP contribution in [0.3, 0.4) is 0 Å². The maximum atomic E-state index is 12.8. The van der Waals surface area contributed by atoms with Crippen LogP contribution in [-0.4, -0.2) is 15.7 Å². The lowest BCUT2D eigenvalue weighted by molar-refractivity contribution is -0.384. The molecule has 0 fully saturated rings. The molecule has 0 aliphatic rings. The van der Waals surface area contributed by atoms with Crippen LogP contribution in [-0.2, 0) is 6.18 Å². The van der Waals surface area contributed by atoms with Gasteiger partial charge >= 0.3 is 6.18 Å². The van der Waals surface area contributed by atoms with E-state index in [0.29, 0.717) is 27.4 Å². The van der Waals surface area contributed by atoms with E-state index in [-0.39, 0.29) is 5.69 Å². The minimum absolute atomic E-state index is 0.166. The van der Waals surface area contributed by atoms with Crippen molar-refractivity contribution >= 4 is 40.8 Å². The van der Waals surface area contributed by atoms with E-state index in [1.807, 2.05) is 24.5 Å². The highest BCUT2D eigenvalue weighted by atomic mass is 35.5. The maximum Gasteiger partial charge on any atom is 0.416 e. The number of nitro groups is 1. The van der Waals surface area contributed by atoms with Gasteiger partial charge in [0.15, 0.2) is 0 Å². The van der Waals surface area contributed by atoms with Gasteiger partial charge in [0.25, 0.3) is 5.69 Å². The number of hydrogen-bond donors (Lipinski definition) is 1. The number of hydrogen-bond acceptors (Lipinski definition) is 4. The number of nitrogens with one attached hydrogen (secondary N) is 1. The van der Waals surface area contributed by atoms with Gasteiger partial charge in [-0.15, -0.1) is 0 Å². The van der Waals surface area contributed by atoms with Gasteiger partial charge in [0.2, 0.25) is 0 Å². The van der Waals surface area contributed by atoms with E-state index in [4.69, 9.17) is 23.2 Å². The highest BCUT2D eigenvalue weighted by molar-refractivity contribution is 6.43. The summed E-state index contributed by atoms with van der Waals surface area (Å²) in [4.78, 5) is 10.3. The number of anilines is 1. The Morgan fingerprint density at radius 1 is 1.16 bits per heavy atom. The van der Waals surface area contributed by atoms with E-state index >= 15 is 0 Å². The first-order chi connectivity index (χ1) is 14.5. The summed E-state index contributed by atoms with van der Waals surface area (Å²) < 4.78 is 40.3. The number of nitrogens with zero attached hydrogens (tertiary/aromatic N) is 3. The van der Waals surface area contributed by atoms with Crippen molar-refractivity contribution < 1.29 is 18.1 Å². The van der Waals surface area contributed by atoms with Crippen molar-refractivity contribution in [3.05, 3.63) is 85.1 Å². The zero-order valence-corrected chi connectivity index (χ0v) is 17.7. The van der Waals surface area contributed by atoms with Crippen LogP contribution >= 0.6 is 23.2 Å². The number of hydrazone groups is 1. The monoisotopic (exact) mass is 470 g/mol. The largest absolute Gasteiger partial charge is 0.416 e. The summed E-state index contributed by atoms with van der Waals surface area (Å²) in [5.41, 5.74) is 3.39. The van der Waals surface area contributed by atoms with E-state index in [2.05, 4.69) is 10.5 Å². The second-order valence-corrected chi connectivity index (χ2v) is 7.38. The number of aromatic nitrogens is 1. The molecule has 31 heavy (non-hydrogen) atoms. The molecular formula is C20H15Cl2F3N4O2. The number of nitro benzene ring substituents is 1. The van der Waals surface area contributed by atoms with E-state index in [1.165, 1.54) is 6.21 Å². The molecule has 1 N–H and O–H groups in total. The van der Waals surface area contributed by atoms with Gasteiger partial charge in [-0.05, 0) is 44.2 Å². The van der Waals surface area contributed by atoms with Crippen molar-refractivity contribution in [3.63, 3.8) is 0 Å². The number of halogens is 5. The van der Waals surface area contributed by atoms with Crippen LogP contribution in [0.1, 0.15) is 22.5 Å². The van der Waals surface area contributed by atoms with Gasteiger partial charge in [0.05, 0.1) is 32.4 Å². The lowest BCUT2D eigenvalue weighted by Gasteiger charge is -2.12. The molecule has 162 valence electrons. The first-order valence-corrected chi connectivity index (χ1v) is 9.54. The fourth-order valence-electron chi connectivity index (χ4n) is 3.08. The van der Waals surface area contributed by atoms with Crippen LogP contribution in [0, 0.1) is 24.0 Å². The van der Waals surface area contributed by atoms with E-state index in [1.54, 1.807) is 18.2 Å². The second kappa shape index (κ2) is 8.60. The van der Waals surface area contributed by atoms with Crippen molar-refractivity contribution in [2.24, 2.45) is 5.10 Å². The Bertz CT molecular complexity index is 1190. The Kier molecular flexibility index (Phi) is 6.28. The summed E-state index contributed by atoms with van der Waals surface area (Å²) in [6, 6.07) is 9.24. The summed E-state index contributed by atoms with van der Waals surface area (Å²) in [7, 11) is 0. The first kappa shape index (κ1) is 22.6. The number of alkyl halides is 3. The zero-order chi connectivity index (χ0) is 22.9. The van der Waals surface area contributed by atoms with Gasteiger partial charge < -0.3 is 4.57 Å². The second-order valence-electron chi connectivity index (χ2n) is 6.59. The van der Waals surface area contributed by atoms with Crippen molar-refractivity contribution in [2.45, 2.75) is 20.0 Å². The van der Waals surface area contributed by atoms with Crippen molar-refractivity contribution in [3.8, 4) is 5.69 Å². The molecule has 0 aliphatic carbocycles. The van der Waals surface area contributed by atoms with Gasteiger partial charge in [0.1, 0.15) is 5.69 Å². The molecule has 3 rings (SSSR count). The highest BCUT2D eigenvalue weighted by Gasteiger charge is 2.33. The minimum Gasteiger partial charge on any atom is -0.316 e. The molecule has 0 aliphatic heterocycles. The van der Waals surface area contributed by atoms with Crippen LogP contribution in [0.4, 0.5) is 24.5 Å². The molecule has 0 saturated heterocycles. The van der Waals surface area contributed by atoms with Gasteiger partial charge in [-0.25, -0.2) is 0 Å². The Labute approximate surface area is 185 Å². The Morgan fingerprint density at radius 2 is 1.87 bits per heavy atom. The van der Waals surface area contributed by atoms with E-state index in [0.717, 1.165) is 23.5 Å². The highest BCUT2D eigenvalue weighted by Crippen LogP contribution is 2.35. The minimum atomic E-state index is -4.69. The predicted molar refractivity (Wildman–Crippen MR) is 115 cm³/mol. The van der Waals surface area contributed by atoms with Crippen LogP contribution in [0.25, 0.3) is 5.69 Å². The molecule has 0 radical (unpaired) electrons. The van der Waals surface area contributed by atoms with Gasteiger partial charge in [-0.1, -0.05) is 29.3 Å². The molecule has 0 amide bonds. The standard InChI is InChI=1S/C20H15Cl2F3N4O2/c1-11-8-13(12(2)28(11)17-5-3-4-15(21)19(17)22)10-26-27-16-7-6-14(20(23,24)25)9-18(16)29(30)31/h3-10,27H,1-2H3/b26-10-. The number of benzene rings is 2. The van der Waals surface area contributed by atoms with Gasteiger partial charge in [-0.3, -0.25) is 15.5 Å². The van der Waals surface area contributed by atoms with Crippen molar-refractivity contribution in [1.29, 1.82) is 0 Å². The maximum absolute atomic E-state index is 12.8. The third kappa shape index (κ3) is 4.67. The molecule has 11 heteroatoms. The molecule has 3 aromatic rings. The fourth-order valence-corrected chi connectivity index (χ4v) is 3.46. The number of rotatable bonds is 5. The summed E-state index contributed by atoms with van der Waals surface area (Å²) in [5.74, 6) is 0. The van der Waals surface area contributed by atoms with Crippen LogP contribution < -0.4 is 5.43 Å². The average molecular weight is 471 g/mol. The van der Waals surface area contributed by atoms with Gasteiger partial charge in [0, 0.05) is 23.0 Å². The summed E-state index contributed by atoms with van der Waals surface area (Å²) in [6.07, 6.45) is -3.27. The third-order valence-electron chi connectivity index (χ3n) is 4.55. The Morgan fingerprint density at radius 3 is 2.52 bits per heavy atom. The molecule has 0 atom stereocenters. The summed E-state index contributed by atoms with van der Waals surface area (Å²) in [6.45, 7) is 3.68. The van der Waals surface area contributed by atoms with Crippen LogP contribution in [0.2, 0.25) is 10.0 Å². The average Bonchev–Trinajstić information content (AvgIpc) is 2.97. The predicted octanol–water partition coefficient (Wildman–Crippen LogP) is 6.77. The fraction of sp³-hybridized carbons (Fsp3) is 0.150. The zero-order valence-electron chi connectivity index (χ0n) is 16.2. The normalized spacial score (nSPS) is 11.8. The molecule has 1 aromatic heterocycles. The molecule has 2 aromatic carbocycles. The lowest BCUT2D eigenvalue weighted by Crippen LogP contribution is -2.06. The molecule has 0 unspecified atom stereocenters. The topological polar surface area (TPSA) is 72.5 Å². The van der Waals surface area contributed by atoms with E-state index < -0.39 is 22.4 Å². The van der Waals surface area contributed by atoms with Crippen molar-refractivity contribution in [2.75, 3.05) is 5.43 Å². The first-order valence-electron chi connectivity index (χ1n) is 8.78. The summed E-state index contributed by atoms with van der Waals surface area (Å²) in [5, 5.41) is 15.9.